The number of carbonyl (C=O) groups is 2. The smallest absolute Gasteiger partial charge is 0.326 e. The van der Waals surface area contributed by atoms with Gasteiger partial charge in [-0.1, -0.05) is 38.0 Å². The molecule has 0 fully saturated rings. The summed E-state index contributed by atoms with van der Waals surface area (Å²) in [5.41, 5.74) is 3.39. The minimum Gasteiger partial charge on any atom is -0.483 e. The Kier molecular flexibility index (Phi) is 9.51. The first kappa shape index (κ1) is 26.2. The van der Waals surface area contributed by atoms with Gasteiger partial charge >= 0.3 is 5.97 Å². The van der Waals surface area contributed by atoms with Crippen molar-refractivity contribution in [3.8, 4) is 11.5 Å². The van der Waals surface area contributed by atoms with E-state index in [0.717, 1.165) is 61.2 Å². The zero-order valence-corrected chi connectivity index (χ0v) is 21.3. The van der Waals surface area contributed by atoms with E-state index in [4.69, 9.17) is 9.47 Å². The number of nitrogens with one attached hydrogen (secondary N) is 1. The van der Waals surface area contributed by atoms with Gasteiger partial charge in [0.15, 0.2) is 6.61 Å². The van der Waals surface area contributed by atoms with E-state index < -0.39 is 17.9 Å². The highest BCUT2D eigenvalue weighted by atomic mass is 32.2. The van der Waals surface area contributed by atoms with Gasteiger partial charge < -0.3 is 19.9 Å². The predicted molar refractivity (Wildman–Crippen MR) is 137 cm³/mol. The molecular weight excluding hydrogens is 450 g/mol. The van der Waals surface area contributed by atoms with Crippen molar-refractivity contribution in [2.75, 3.05) is 18.6 Å². The van der Waals surface area contributed by atoms with Crippen LogP contribution in [0.15, 0.2) is 36.1 Å². The molecule has 2 N–H and O–H groups in total. The van der Waals surface area contributed by atoms with Gasteiger partial charge in [-0.25, -0.2) is 4.79 Å². The molecule has 1 amide bonds. The van der Waals surface area contributed by atoms with E-state index in [1.165, 1.54) is 5.57 Å². The average Bonchev–Trinajstić information content (AvgIpc) is 2.79. The summed E-state index contributed by atoms with van der Waals surface area (Å²) in [6, 6.07) is 3.19. The summed E-state index contributed by atoms with van der Waals surface area (Å²) in [5, 5.41) is 12.0. The molecule has 1 aromatic carbocycles. The highest BCUT2D eigenvalue weighted by molar-refractivity contribution is 7.98. The van der Waals surface area contributed by atoms with Gasteiger partial charge in [-0.3, -0.25) is 4.79 Å². The fourth-order valence-corrected chi connectivity index (χ4v) is 5.19. The number of ether oxygens (including phenoxy) is 2. The lowest BCUT2D eigenvalue weighted by atomic mass is 9.74. The normalized spacial score (nSPS) is 19.9. The molecule has 3 rings (SSSR count). The van der Waals surface area contributed by atoms with Crippen LogP contribution in [0.25, 0.3) is 0 Å². The summed E-state index contributed by atoms with van der Waals surface area (Å²) in [6.07, 6.45) is 10.8. The van der Waals surface area contributed by atoms with E-state index in [-0.39, 0.29) is 18.4 Å². The van der Waals surface area contributed by atoms with Crippen LogP contribution in [0.4, 0.5) is 0 Å². The highest BCUT2D eigenvalue weighted by Crippen LogP contribution is 2.51. The van der Waals surface area contributed by atoms with Crippen LogP contribution in [-0.4, -0.2) is 41.6 Å². The first-order valence-corrected chi connectivity index (χ1v) is 13.6. The van der Waals surface area contributed by atoms with Crippen molar-refractivity contribution < 1.29 is 24.2 Å². The van der Waals surface area contributed by atoms with Crippen molar-refractivity contribution in [1.82, 2.24) is 5.32 Å². The third-order valence-electron chi connectivity index (χ3n) is 6.57. The van der Waals surface area contributed by atoms with E-state index in [1.54, 1.807) is 11.8 Å². The Hall–Kier alpha value is -2.41. The Morgan fingerprint density at radius 1 is 1.35 bits per heavy atom. The van der Waals surface area contributed by atoms with Crippen LogP contribution < -0.4 is 14.8 Å². The monoisotopic (exact) mass is 487 g/mol. The van der Waals surface area contributed by atoms with Gasteiger partial charge in [0.05, 0.1) is 0 Å². The number of aliphatic carboxylic acids is 1. The molecule has 186 valence electrons. The van der Waals surface area contributed by atoms with Crippen LogP contribution in [-0.2, 0) is 16.0 Å². The van der Waals surface area contributed by atoms with Gasteiger partial charge in [-0.2, -0.15) is 11.8 Å². The van der Waals surface area contributed by atoms with Gasteiger partial charge in [0.2, 0.25) is 0 Å². The number of benzene rings is 1. The van der Waals surface area contributed by atoms with Crippen molar-refractivity contribution in [1.29, 1.82) is 0 Å². The van der Waals surface area contributed by atoms with Gasteiger partial charge in [0.1, 0.15) is 23.3 Å². The lowest BCUT2D eigenvalue weighted by Crippen LogP contribution is -2.43. The third kappa shape index (κ3) is 6.59. The van der Waals surface area contributed by atoms with E-state index in [2.05, 4.69) is 37.9 Å². The Labute approximate surface area is 207 Å². The minimum absolute atomic E-state index is 0.0982. The first-order chi connectivity index (χ1) is 16.3. The van der Waals surface area contributed by atoms with Crippen molar-refractivity contribution in [2.45, 2.75) is 70.8 Å². The van der Waals surface area contributed by atoms with Gasteiger partial charge in [0.25, 0.3) is 5.91 Å². The topological polar surface area (TPSA) is 84.9 Å². The number of carboxylic acids is 1. The molecule has 2 aliphatic rings. The van der Waals surface area contributed by atoms with E-state index in [1.807, 2.05) is 12.3 Å². The second kappa shape index (κ2) is 12.3. The zero-order chi connectivity index (χ0) is 24.7. The number of aryl methyl sites for hydroxylation is 1. The summed E-state index contributed by atoms with van der Waals surface area (Å²) < 4.78 is 12.3. The van der Waals surface area contributed by atoms with E-state index in [9.17, 15) is 14.7 Å². The van der Waals surface area contributed by atoms with Gasteiger partial charge in [0, 0.05) is 17.4 Å². The van der Waals surface area contributed by atoms with Crippen molar-refractivity contribution >= 4 is 23.6 Å². The molecule has 6 nitrogen and oxygen atoms in total. The fourth-order valence-electron chi connectivity index (χ4n) is 4.72. The second-order valence-electron chi connectivity index (χ2n) is 9.24. The third-order valence-corrected chi connectivity index (χ3v) is 7.21. The molecular formula is C27H37NO5S. The quantitative estimate of drug-likeness (QED) is 0.301. The molecule has 34 heavy (non-hydrogen) atoms. The molecule has 1 heterocycles. The van der Waals surface area contributed by atoms with Crippen LogP contribution in [0.3, 0.4) is 0 Å². The summed E-state index contributed by atoms with van der Waals surface area (Å²) in [7, 11) is 0. The highest BCUT2D eigenvalue weighted by Gasteiger charge is 2.37. The van der Waals surface area contributed by atoms with Crippen LogP contribution in [0.1, 0.15) is 69.4 Å². The van der Waals surface area contributed by atoms with Crippen LogP contribution in [0, 0.1) is 5.92 Å². The van der Waals surface area contributed by atoms with Gasteiger partial charge in [-0.15, -0.1) is 0 Å². The lowest BCUT2D eigenvalue weighted by molar-refractivity contribution is -0.142. The second-order valence-corrected chi connectivity index (χ2v) is 10.2. The zero-order valence-electron chi connectivity index (χ0n) is 20.5. The minimum atomic E-state index is -1.03. The van der Waals surface area contributed by atoms with Crippen LogP contribution in [0.2, 0.25) is 0 Å². The van der Waals surface area contributed by atoms with E-state index in [0.29, 0.717) is 17.9 Å². The number of thioether (sulfide) groups is 1. The standard InChI is InChI=1S/C27H37NO5S/c1-5-6-7-8-19-14-23(32-16-25(29)28-22(27(30)31)11-12-34-4)26-21-13-17(2)9-10-20(21)18(3)33-24(26)15-19/h13-15,20-22H,3,5-12,16H2,1-2,4H3,(H,28,29)(H,30,31). The molecule has 7 heteroatoms. The molecule has 0 saturated heterocycles. The van der Waals surface area contributed by atoms with Gasteiger partial charge in [-0.05, 0) is 68.7 Å². The first-order valence-electron chi connectivity index (χ1n) is 12.2. The number of carboxylic acid groups (broad SMARTS) is 1. The van der Waals surface area contributed by atoms with Crippen molar-refractivity contribution in [3.63, 3.8) is 0 Å². The SMILES string of the molecule is C=C1Oc2cc(CCCCC)cc(OCC(=O)NC(CCSC)C(=O)O)c2C2C=C(C)CCC12. The molecule has 1 aromatic rings. The number of amides is 1. The van der Waals surface area contributed by atoms with Crippen LogP contribution in [0.5, 0.6) is 11.5 Å². The lowest BCUT2D eigenvalue weighted by Gasteiger charge is -2.37. The molecule has 1 aliphatic carbocycles. The molecule has 3 unspecified atom stereocenters. The van der Waals surface area contributed by atoms with Crippen molar-refractivity contribution in [3.05, 3.63) is 47.2 Å². The molecule has 0 spiro atoms. The summed E-state index contributed by atoms with van der Waals surface area (Å²) in [4.78, 5) is 24.1. The Bertz CT molecular complexity index is 941. The predicted octanol–water partition coefficient (Wildman–Crippen LogP) is 5.47. The molecule has 3 atom stereocenters. The molecule has 0 aromatic heterocycles. The van der Waals surface area contributed by atoms with E-state index >= 15 is 0 Å². The summed E-state index contributed by atoms with van der Waals surface area (Å²) >= 11 is 1.55. The molecule has 0 saturated carbocycles. The average molecular weight is 488 g/mol. The Morgan fingerprint density at radius 2 is 2.15 bits per heavy atom. The number of carbonyl (C=O) groups excluding carboxylic acids is 1. The summed E-state index contributed by atoms with van der Waals surface area (Å²) in [5.74, 6) is 1.65. The molecule has 1 aliphatic heterocycles. The number of allylic oxidation sites excluding steroid dienone is 3. The fraction of sp³-hybridized carbons (Fsp3) is 0.556. The number of unbranched alkanes of at least 4 members (excludes halogenated alkanes) is 2. The largest absolute Gasteiger partial charge is 0.483 e. The molecule has 0 radical (unpaired) electrons. The Morgan fingerprint density at radius 3 is 2.85 bits per heavy atom. The number of rotatable bonds is 12. The van der Waals surface area contributed by atoms with Crippen molar-refractivity contribution in [2.24, 2.45) is 5.92 Å². The number of hydrogen-bond acceptors (Lipinski definition) is 5. The maximum atomic E-state index is 12.6. The number of hydrogen-bond donors (Lipinski definition) is 2. The Balaban J connectivity index is 1.84. The maximum Gasteiger partial charge on any atom is 0.326 e. The van der Waals surface area contributed by atoms with Crippen LogP contribution >= 0.6 is 11.8 Å². The maximum absolute atomic E-state index is 12.6. The summed E-state index contributed by atoms with van der Waals surface area (Å²) in [6.45, 7) is 8.27. The number of fused-ring (bicyclic) bond motifs is 3. The molecule has 0 bridgehead atoms.